The third-order valence-electron chi connectivity index (χ3n) is 5.18. The lowest BCUT2D eigenvalue weighted by molar-refractivity contribution is -0.0294. The van der Waals surface area contributed by atoms with Crippen molar-refractivity contribution in [2.75, 3.05) is 51.5 Å². The van der Waals surface area contributed by atoms with E-state index in [0.29, 0.717) is 25.5 Å². The first kappa shape index (κ1) is 21.6. The number of rotatable bonds is 7. The number of hydrogen-bond acceptors (Lipinski definition) is 8. The zero-order chi connectivity index (χ0) is 20.5. The van der Waals surface area contributed by atoms with Crippen molar-refractivity contribution in [3.63, 3.8) is 0 Å². The van der Waals surface area contributed by atoms with Gasteiger partial charge in [-0.25, -0.2) is 4.98 Å². The Hall–Kier alpha value is -2.13. The summed E-state index contributed by atoms with van der Waals surface area (Å²) in [5.74, 6) is 0. The molecule has 158 valence electrons. The number of piperidine rings is 1. The second kappa shape index (κ2) is 11.2. The fourth-order valence-electron chi connectivity index (χ4n) is 3.68. The number of carbonyl (C=O) groups is 1. The highest BCUT2D eigenvalue weighted by Crippen LogP contribution is 2.27. The van der Waals surface area contributed by atoms with Gasteiger partial charge >= 0.3 is 0 Å². The van der Waals surface area contributed by atoms with Crippen LogP contribution < -0.4 is 10.6 Å². The number of hydrogen-bond donors (Lipinski definition) is 1. The monoisotopic (exact) mass is 402 g/mol. The smallest absolute Gasteiger partial charge is 0.168 e. The van der Waals surface area contributed by atoms with Crippen molar-refractivity contribution in [1.29, 1.82) is 0 Å². The SMILES string of the molecule is CN.O=Cc1ccc2cncc(N3CCC(OCCO[C@@H]4CCOC4)CC3)c2n1. The van der Waals surface area contributed by atoms with Crippen LogP contribution in [0.25, 0.3) is 10.9 Å². The number of fused-ring (bicyclic) bond motifs is 1. The highest BCUT2D eigenvalue weighted by Gasteiger charge is 2.22. The average molecular weight is 402 g/mol. The number of pyridine rings is 2. The molecular weight excluding hydrogens is 372 g/mol. The van der Waals surface area contributed by atoms with E-state index in [-0.39, 0.29) is 12.2 Å². The van der Waals surface area contributed by atoms with Gasteiger partial charge in [0.1, 0.15) is 5.69 Å². The molecular formula is C21H30N4O4. The van der Waals surface area contributed by atoms with E-state index in [4.69, 9.17) is 14.2 Å². The Morgan fingerprint density at radius 1 is 1.14 bits per heavy atom. The molecule has 2 N–H and O–H groups in total. The van der Waals surface area contributed by atoms with Crippen molar-refractivity contribution >= 4 is 22.9 Å². The Kier molecular flexibility index (Phi) is 8.30. The first-order valence-electron chi connectivity index (χ1n) is 10.2. The first-order chi connectivity index (χ1) is 14.3. The summed E-state index contributed by atoms with van der Waals surface area (Å²) in [6.45, 7) is 4.53. The molecule has 8 heteroatoms. The van der Waals surface area contributed by atoms with Crippen LogP contribution in [-0.2, 0) is 14.2 Å². The molecule has 4 heterocycles. The summed E-state index contributed by atoms with van der Waals surface area (Å²) in [6, 6.07) is 3.62. The number of ether oxygens (including phenoxy) is 3. The number of nitrogens with zero attached hydrogens (tertiary/aromatic N) is 3. The molecule has 0 radical (unpaired) electrons. The summed E-state index contributed by atoms with van der Waals surface area (Å²) < 4.78 is 17.0. The molecule has 0 spiro atoms. The van der Waals surface area contributed by atoms with E-state index in [1.807, 2.05) is 12.3 Å². The van der Waals surface area contributed by atoms with Crippen molar-refractivity contribution in [3.05, 3.63) is 30.2 Å². The Balaban J connectivity index is 0.00000117. The number of carbonyl (C=O) groups excluding carboxylic acids is 1. The summed E-state index contributed by atoms with van der Waals surface area (Å²) >= 11 is 0. The lowest BCUT2D eigenvalue weighted by Crippen LogP contribution is -2.37. The van der Waals surface area contributed by atoms with E-state index in [9.17, 15) is 4.79 Å². The third kappa shape index (κ3) is 5.70. The topological polar surface area (TPSA) is 99.8 Å². The van der Waals surface area contributed by atoms with E-state index in [2.05, 4.69) is 20.6 Å². The molecule has 2 aliphatic heterocycles. The van der Waals surface area contributed by atoms with Crippen LogP contribution in [0, 0.1) is 0 Å². The predicted octanol–water partition coefficient (Wildman–Crippen LogP) is 1.81. The second-order valence-corrected chi connectivity index (χ2v) is 7.00. The summed E-state index contributed by atoms with van der Waals surface area (Å²) in [5, 5.41) is 0.949. The Labute approximate surface area is 171 Å². The highest BCUT2D eigenvalue weighted by molar-refractivity contribution is 5.92. The molecule has 2 fully saturated rings. The van der Waals surface area contributed by atoms with Crippen LogP contribution in [0.1, 0.15) is 29.8 Å². The van der Waals surface area contributed by atoms with Crippen molar-refractivity contribution in [3.8, 4) is 0 Å². The van der Waals surface area contributed by atoms with Crippen LogP contribution in [0.4, 0.5) is 5.69 Å². The van der Waals surface area contributed by atoms with Crippen LogP contribution in [0.5, 0.6) is 0 Å². The molecule has 0 bridgehead atoms. The zero-order valence-corrected chi connectivity index (χ0v) is 17.0. The van der Waals surface area contributed by atoms with E-state index in [1.165, 1.54) is 7.05 Å². The van der Waals surface area contributed by atoms with Gasteiger partial charge in [-0.05, 0) is 38.4 Å². The molecule has 2 aromatic rings. The standard InChI is InChI=1S/C20H25N3O4.CH5N/c24-13-16-2-1-15-11-21-12-19(20(15)22-16)23-6-3-17(4-7-23)26-9-10-27-18-5-8-25-14-18;1-2/h1-2,11-13,17-18H,3-10,14H2;2H2,1H3/t18-;/m1./s1. The molecule has 29 heavy (non-hydrogen) atoms. The molecule has 8 nitrogen and oxygen atoms in total. The minimum absolute atomic E-state index is 0.234. The summed E-state index contributed by atoms with van der Waals surface area (Å²) in [7, 11) is 1.50. The molecule has 0 aromatic carbocycles. The van der Waals surface area contributed by atoms with Crippen molar-refractivity contribution in [2.24, 2.45) is 5.73 Å². The molecule has 4 rings (SSSR count). The minimum atomic E-state index is 0.234. The van der Waals surface area contributed by atoms with Crippen LogP contribution in [0.15, 0.2) is 24.5 Å². The number of aldehydes is 1. The normalized spacial score (nSPS) is 19.8. The molecule has 2 saturated heterocycles. The quantitative estimate of drug-likeness (QED) is 0.553. The molecule has 0 saturated carbocycles. The third-order valence-corrected chi connectivity index (χ3v) is 5.18. The largest absolute Gasteiger partial charge is 0.379 e. The Morgan fingerprint density at radius 2 is 1.90 bits per heavy atom. The fourth-order valence-corrected chi connectivity index (χ4v) is 3.68. The Bertz CT molecular complexity index is 774. The Morgan fingerprint density at radius 3 is 2.59 bits per heavy atom. The number of nitrogens with two attached hydrogens (primary N) is 1. The lowest BCUT2D eigenvalue weighted by Gasteiger charge is -2.33. The van der Waals surface area contributed by atoms with Gasteiger partial charge in [0.15, 0.2) is 6.29 Å². The molecule has 0 aliphatic carbocycles. The van der Waals surface area contributed by atoms with Gasteiger partial charge in [-0.3, -0.25) is 9.78 Å². The molecule has 2 aliphatic rings. The maximum absolute atomic E-state index is 11.1. The zero-order valence-electron chi connectivity index (χ0n) is 17.0. The molecule has 0 unspecified atom stereocenters. The van der Waals surface area contributed by atoms with Gasteiger partial charge in [-0.2, -0.15) is 0 Å². The predicted molar refractivity (Wildman–Crippen MR) is 111 cm³/mol. The van der Waals surface area contributed by atoms with Crippen LogP contribution >= 0.6 is 0 Å². The molecule has 0 amide bonds. The minimum Gasteiger partial charge on any atom is -0.379 e. The van der Waals surface area contributed by atoms with E-state index in [0.717, 1.165) is 61.8 Å². The van der Waals surface area contributed by atoms with Gasteiger partial charge < -0.3 is 24.8 Å². The maximum atomic E-state index is 11.1. The van der Waals surface area contributed by atoms with E-state index >= 15 is 0 Å². The van der Waals surface area contributed by atoms with Gasteiger partial charge in [0.2, 0.25) is 0 Å². The molecule has 1 atom stereocenters. The maximum Gasteiger partial charge on any atom is 0.168 e. The summed E-state index contributed by atoms with van der Waals surface area (Å²) in [4.78, 5) is 22.2. The van der Waals surface area contributed by atoms with Crippen molar-refractivity contribution in [2.45, 2.75) is 31.5 Å². The second-order valence-electron chi connectivity index (χ2n) is 7.00. The van der Waals surface area contributed by atoms with Gasteiger partial charge in [0.25, 0.3) is 0 Å². The average Bonchev–Trinajstić information content (AvgIpc) is 3.31. The summed E-state index contributed by atoms with van der Waals surface area (Å²) in [5.41, 5.74) is 6.76. The lowest BCUT2D eigenvalue weighted by atomic mass is 10.1. The molecule has 2 aromatic heterocycles. The first-order valence-corrected chi connectivity index (χ1v) is 10.2. The van der Waals surface area contributed by atoms with Gasteiger partial charge in [-0.1, -0.05) is 0 Å². The number of aromatic nitrogens is 2. The number of anilines is 1. The van der Waals surface area contributed by atoms with E-state index in [1.54, 1.807) is 12.3 Å². The summed E-state index contributed by atoms with van der Waals surface area (Å²) in [6.07, 6.45) is 7.78. The van der Waals surface area contributed by atoms with Gasteiger partial charge in [0.05, 0.1) is 49.4 Å². The van der Waals surface area contributed by atoms with Gasteiger partial charge in [0, 0.05) is 31.3 Å². The highest BCUT2D eigenvalue weighted by atomic mass is 16.6. The van der Waals surface area contributed by atoms with E-state index < -0.39 is 0 Å². The van der Waals surface area contributed by atoms with Crippen molar-refractivity contribution < 1.29 is 19.0 Å². The van der Waals surface area contributed by atoms with Gasteiger partial charge in [-0.15, -0.1) is 0 Å². The van der Waals surface area contributed by atoms with Crippen molar-refractivity contribution in [1.82, 2.24) is 9.97 Å². The van der Waals surface area contributed by atoms with Crippen LogP contribution in [0.2, 0.25) is 0 Å². The van der Waals surface area contributed by atoms with Crippen LogP contribution in [0.3, 0.4) is 0 Å². The fraction of sp³-hybridized carbons (Fsp3) is 0.571. The van der Waals surface area contributed by atoms with Crippen LogP contribution in [-0.4, -0.2) is 75.0 Å².